The van der Waals surface area contributed by atoms with Crippen LogP contribution in [0.1, 0.15) is 5.56 Å². The minimum absolute atomic E-state index is 0.828. The molecule has 0 aliphatic heterocycles. The van der Waals surface area contributed by atoms with E-state index in [1.165, 1.54) is 5.56 Å². The molecule has 0 bridgehead atoms. The summed E-state index contributed by atoms with van der Waals surface area (Å²) < 4.78 is 3.60. The average molecular weight is 173 g/mol. The van der Waals surface area contributed by atoms with Crippen molar-refractivity contribution >= 4 is 0 Å². The fraction of sp³-hybridized carbons (Fsp3) is 0.200. The first-order valence-electron chi connectivity index (χ1n) is 4.19. The smallest absolute Gasteiger partial charge is 0.158 e. The van der Waals surface area contributed by atoms with Gasteiger partial charge in [-0.2, -0.15) is 5.10 Å². The Bertz CT molecular complexity index is 378. The van der Waals surface area contributed by atoms with Crippen LogP contribution in [0.2, 0.25) is 0 Å². The largest absolute Gasteiger partial charge is 0.377 e. The van der Waals surface area contributed by atoms with Gasteiger partial charge < -0.3 is 4.57 Å². The van der Waals surface area contributed by atoms with Gasteiger partial charge in [0, 0.05) is 0 Å². The quantitative estimate of drug-likeness (QED) is 0.480. The van der Waals surface area contributed by atoms with E-state index in [2.05, 4.69) is 23.6 Å². The molecule has 0 aliphatic rings. The predicted octanol–water partition coefficient (Wildman–Crippen LogP) is 0.556. The molecule has 0 N–H and O–H groups in total. The van der Waals surface area contributed by atoms with Crippen molar-refractivity contribution in [2.45, 2.75) is 6.54 Å². The zero-order chi connectivity index (χ0) is 9.10. The van der Waals surface area contributed by atoms with Crippen LogP contribution in [0, 0.1) is 6.33 Å². The van der Waals surface area contributed by atoms with Crippen LogP contribution in [0.5, 0.6) is 0 Å². The molecule has 3 heteroatoms. The fourth-order valence-electron chi connectivity index (χ4n) is 1.23. The average Bonchev–Trinajstić information content (AvgIpc) is 2.53. The normalized spacial score (nSPS) is 10.2. The lowest BCUT2D eigenvalue weighted by Gasteiger charge is -2.00. The van der Waals surface area contributed by atoms with Crippen LogP contribution in [0.15, 0.2) is 36.7 Å². The highest BCUT2D eigenvalue weighted by molar-refractivity contribution is 5.14. The summed E-state index contributed by atoms with van der Waals surface area (Å²) >= 11 is 0. The number of nitrogens with zero attached hydrogens (tertiary/aromatic N) is 3. The van der Waals surface area contributed by atoms with Crippen LogP contribution in [0.3, 0.4) is 0 Å². The summed E-state index contributed by atoms with van der Waals surface area (Å²) in [5, 5.41) is 4.04. The number of rotatable bonds is 2. The van der Waals surface area contributed by atoms with Gasteiger partial charge in [-0.25, -0.2) is 4.68 Å². The Balaban J connectivity index is 2.15. The Hall–Kier alpha value is -1.64. The lowest BCUT2D eigenvalue weighted by Crippen LogP contribution is -2.29. The van der Waals surface area contributed by atoms with Crippen molar-refractivity contribution in [1.29, 1.82) is 0 Å². The molecular formula is C10H11N3. The summed E-state index contributed by atoms with van der Waals surface area (Å²) in [5.74, 6) is 0. The highest BCUT2D eigenvalue weighted by Gasteiger charge is 1.93. The van der Waals surface area contributed by atoms with E-state index in [1.54, 1.807) is 11.0 Å². The van der Waals surface area contributed by atoms with E-state index < -0.39 is 0 Å². The summed E-state index contributed by atoms with van der Waals surface area (Å²) in [6, 6.07) is 10.3. The lowest BCUT2D eigenvalue weighted by molar-refractivity contribution is -0.732. The SMILES string of the molecule is C[n+]1[c-]n(Cc2ccccc2)cn1. The summed E-state index contributed by atoms with van der Waals surface area (Å²) in [6.45, 7) is 0.828. The van der Waals surface area contributed by atoms with Crippen molar-refractivity contribution in [1.82, 2.24) is 9.67 Å². The van der Waals surface area contributed by atoms with E-state index in [-0.39, 0.29) is 0 Å². The van der Waals surface area contributed by atoms with Gasteiger partial charge >= 0.3 is 0 Å². The van der Waals surface area contributed by atoms with Crippen molar-refractivity contribution < 1.29 is 4.68 Å². The zero-order valence-electron chi connectivity index (χ0n) is 7.51. The second-order valence-electron chi connectivity index (χ2n) is 2.97. The number of hydrogen-bond acceptors (Lipinski definition) is 1. The molecular weight excluding hydrogens is 162 g/mol. The van der Waals surface area contributed by atoms with Crippen LogP contribution >= 0.6 is 0 Å². The number of benzene rings is 1. The van der Waals surface area contributed by atoms with Gasteiger partial charge in [0.15, 0.2) is 6.33 Å². The van der Waals surface area contributed by atoms with E-state index in [0.29, 0.717) is 0 Å². The summed E-state index contributed by atoms with van der Waals surface area (Å²) in [4.78, 5) is 0. The standard InChI is InChI=1S/C10H11N3/c1-12-9-13(8-11-12)7-10-5-3-2-4-6-10/h2-6,8H,7H2,1H3. The Morgan fingerprint density at radius 3 is 2.77 bits per heavy atom. The number of hydrogen-bond donors (Lipinski definition) is 0. The summed E-state index contributed by atoms with van der Waals surface area (Å²) in [6.07, 6.45) is 4.82. The third-order valence-electron chi connectivity index (χ3n) is 1.83. The topological polar surface area (TPSA) is 21.7 Å². The predicted molar refractivity (Wildman–Crippen MR) is 47.8 cm³/mol. The first kappa shape index (κ1) is 7.98. The first-order chi connectivity index (χ1) is 6.34. The van der Waals surface area contributed by atoms with Gasteiger partial charge in [-0.1, -0.05) is 30.3 Å². The van der Waals surface area contributed by atoms with Crippen molar-refractivity contribution in [3.63, 3.8) is 0 Å². The molecule has 1 heterocycles. The first-order valence-corrected chi connectivity index (χ1v) is 4.19. The third-order valence-corrected chi connectivity index (χ3v) is 1.83. The summed E-state index contributed by atoms with van der Waals surface area (Å²) in [7, 11) is 1.86. The Morgan fingerprint density at radius 1 is 1.38 bits per heavy atom. The second kappa shape index (κ2) is 3.39. The van der Waals surface area contributed by atoms with Crippen molar-refractivity contribution in [2.75, 3.05) is 0 Å². The van der Waals surface area contributed by atoms with Crippen molar-refractivity contribution in [3.05, 3.63) is 48.5 Å². The number of aryl methyl sites for hydroxylation is 1. The van der Waals surface area contributed by atoms with E-state index in [4.69, 9.17) is 0 Å². The fourth-order valence-corrected chi connectivity index (χ4v) is 1.23. The monoisotopic (exact) mass is 173 g/mol. The number of aromatic nitrogens is 3. The Labute approximate surface area is 77.3 Å². The maximum absolute atomic E-state index is 4.04. The molecule has 0 saturated carbocycles. The zero-order valence-corrected chi connectivity index (χ0v) is 7.51. The summed E-state index contributed by atoms with van der Waals surface area (Å²) in [5.41, 5.74) is 1.26. The molecule has 1 aromatic carbocycles. The molecule has 0 fully saturated rings. The van der Waals surface area contributed by atoms with Gasteiger partial charge in [0.1, 0.15) is 0 Å². The highest BCUT2D eigenvalue weighted by Crippen LogP contribution is 1.99. The van der Waals surface area contributed by atoms with Crippen molar-refractivity contribution in [3.8, 4) is 0 Å². The molecule has 0 radical (unpaired) electrons. The molecule has 2 aromatic rings. The Morgan fingerprint density at radius 2 is 2.15 bits per heavy atom. The molecule has 0 amide bonds. The van der Waals surface area contributed by atoms with Gasteiger partial charge in [0.2, 0.25) is 0 Å². The van der Waals surface area contributed by atoms with Gasteiger partial charge in [-0.15, -0.1) is 0 Å². The van der Waals surface area contributed by atoms with Crippen molar-refractivity contribution in [2.24, 2.45) is 7.05 Å². The van der Waals surface area contributed by atoms with Crippen LogP contribution in [0.4, 0.5) is 0 Å². The van der Waals surface area contributed by atoms with Gasteiger partial charge in [-0.05, 0) is 5.56 Å². The molecule has 0 spiro atoms. The molecule has 1 aromatic heterocycles. The van der Waals surface area contributed by atoms with E-state index in [1.807, 2.05) is 29.8 Å². The van der Waals surface area contributed by atoms with Gasteiger partial charge in [0.25, 0.3) is 0 Å². The molecule has 13 heavy (non-hydrogen) atoms. The van der Waals surface area contributed by atoms with E-state index in [0.717, 1.165) is 6.54 Å². The molecule has 3 nitrogen and oxygen atoms in total. The molecule has 66 valence electrons. The minimum atomic E-state index is 0.828. The van der Waals surface area contributed by atoms with E-state index in [9.17, 15) is 0 Å². The molecule has 0 saturated heterocycles. The molecule has 0 unspecified atom stereocenters. The van der Waals surface area contributed by atoms with Crippen LogP contribution in [-0.2, 0) is 13.6 Å². The van der Waals surface area contributed by atoms with E-state index >= 15 is 0 Å². The maximum Gasteiger partial charge on any atom is 0.158 e. The maximum atomic E-state index is 4.04. The molecule has 0 atom stereocenters. The van der Waals surface area contributed by atoms with Crippen LogP contribution in [0.25, 0.3) is 0 Å². The highest BCUT2D eigenvalue weighted by atomic mass is 15.3. The molecule has 2 rings (SSSR count). The second-order valence-corrected chi connectivity index (χ2v) is 2.97. The van der Waals surface area contributed by atoms with Crippen LogP contribution in [-0.4, -0.2) is 9.67 Å². The lowest BCUT2D eigenvalue weighted by atomic mass is 10.2. The van der Waals surface area contributed by atoms with Gasteiger partial charge in [0.05, 0.1) is 19.9 Å². The van der Waals surface area contributed by atoms with Gasteiger partial charge in [-0.3, -0.25) is 0 Å². The third kappa shape index (κ3) is 1.93. The Kier molecular flexibility index (Phi) is 2.08. The van der Waals surface area contributed by atoms with Crippen LogP contribution < -0.4 is 4.68 Å². The molecule has 0 aliphatic carbocycles. The minimum Gasteiger partial charge on any atom is -0.377 e.